The molecule has 6 nitrogen and oxygen atoms in total. The highest BCUT2D eigenvalue weighted by atomic mass is 32.1. The van der Waals surface area contributed by atoms with Crippen LogP contribution in [0.5, 0.6) is 11.5 Å². The maximum Gasteiger partial charge on any atom is 0.187 e. The van der Waals surface area contributed by atoms with E-state index in [1.807, 2.05) is 6.92 Å². The second-order valence-corrected chi connectivity index (χ2v) is 5.69. The van der Waals surface area contributed by atoms with Crippen LogP contribution < -0.4 is 15.5 Å². The van der Waals surface area contributed by atoms with Gasteiger partial charge in [-0.1, -0.05) is 6.92 Å². The van der Waals surface area contributed by atoms with Crippen LogP contribution >= 0.6 is 12.2 Å². The summed E-state index contributed by atoms with van der Waals surface area (Å²) < 4.78 is 11.0. The van der Waals surface area contributed by atoms with Gasteiger partial charge in [-0.05, 0) is 43.6 Å². The standard InChI is InChI=1S/C16H23N3O3S/c1-2-7-21-13-6-5-12(15(20)9-13)10-18-19-16(23)17-11-14-4-3-8-22-14/h5-6,9-10,14,20H,2-4,7-8,11H2,1H3,(H2,17,19,23)/b18-10+/t14-/m1/s1. The number of phenolic OH excluding ortho intramolecular Hbond substituents is 1. The van der Waals surface area contributed by atoms with Crippen molar-refractivity contribution in [2.45, 2.75) is 32.3 Å². The van der Waals surface area contributed by atoms with Gasteiger partial charge in [0, 0.05) is 24.8 Å². The lowest BCUT2D eigenvalue weighted by molar-refractivity contribution is 0.114. The number of benzene rings is 1. The van der Waals surface area contributed by atoms with E-state index in [1.54, 1.807) is 18.2 Å². The summed E-state index contributed by atoms with van der Waals surface area (Å²) in [6, 6.07) is 5.12. The van der Waals surface area contributed by atoms with E-state index in [2.05, 4.69) is 15.8 Å². The first-order chi connectivity index (χ1) is 11.2. The first-order valence-corrected chi connectivity index (χ1v) is 8.24. The molecular formula is C16H23N3O3S. The second-order valence-electron chi connectivity index (χ2n) is 5.28. The predicted molar refractivity (Wildman–Crippen MR) is 94.2 cm³/mol. The van der Waals surface area contributed by atoms with Gasteiger partial charge in [0.05, 0.1) is 18.9 Å². The molecule has 2 rings (SSSR count). The highest BCUT2D eigenvalue weighted by Gasteiger charge is 2.14. The molecule has 0 aromatic heterocycles. The van der Waals surface area contributed by atoms with E-state index in [0.29, 0.717) is 29.6 Å². The maximum atomic E-state index is 9.94. The fourth-order valence-corrected chi connectivity index (χ4v) is 2.29. The number of nitrogens with one attached hydrogen (secondary N) is 2. The molecule has 1 aliphatic heterocycles. The normalized spacial score (nSPS) is 17.3. The van der Waals surface area contributed by atoms with Crippen LogP contribution in [0.25, 0.3) is 0 Å². The molecule has 1 aliphatic rings. The summed E-state index contributed by atoms with van der Waals surface area (Å²) in [5, 5.41) is 17.4. The SMILES string of the molecule is CCCOc1ccc(/C=N/NC(=S)NC[C@H]2CCCO2)c(O)c1. The molecule has 1 heterocycles. The summed E-state index contributed by atoms with van der Waals surface area (Å²) in [5.41, 5.74) is 3.31. The summed E-state index contributed by atoms with van der Waals surface area (Å²) in [7, 11) is 0. The molecule has 1 atom stereocenters. The third-order valence-corrected chi connectivity index (χ3v) is 3.59. The Morgan fingerprint density at radius 2 is 2.43 bits per heavy atom. The van der Waals surface area contributed by atoms with Gasteiger partial charge in [-0.2, -0.15) is 5.10 Å². The Kier molecular flexibility index (Phi) is 7.09. The molecule has 0 radical (unpaired) electrons. The Hall–Kier alpha value is -1.86. The Balaban J connectivity index is 1.76. The molecule has 126 valence electrons. The highest BCUT2D eigenvalue weighted by Crippen LogP contribution is 2.22. The van der Waals surface area contributed by atoms with E-state index in [9.17, 15) is 5.11 Å². The zero-order chi connectivity index (χ0) is 16.5. The average molecular weight is 337 g/mol. The van der Waals surface area contributed by atoms with Gasteiger partial charge < -0.3 is 19.9 Å². The van der Waals surface area contributed by atoms with Crippen LogP contribution in [0.1, 0.15) is 31.7 Å². The molecule has 3 N–H and O–H groups in total. The number of rotatable bonds is 7. The van der Waals surface area contributed by atoms with Crippen molar-refractivity contribution >= 4 is 23.5 Å². The Bertz CT molecular complexity index is 545. The minimum Gasteiger partial charge on any atom is -0.507 e. The molecule has 0 saturated carbocycles. The zero-order valence-corrected chi connectivity index (χ0v) is 14.1. The molecular weight excluding hydrogens is 314 g/mol. The molecule has 0 unspecified atom stereocenters. The number of hydrogen-bond donors (Lipinski definition) is 3. The fraction of sp³-hybridized carbons (Fsp3) is 0.500. The lowest BCUT2D eigenvalue weighted by atomic mass is 10.2. The van der Waals surface area contributed by atoms with Gasteiger partial charge >= 0.3 is 0 Å². The number of nitrogens with zero attached hydrogens (tertiary/aromatic N) is 1. The fourth-order valence-electron chi connectivity index (χ4n) is 2.15. The topological polar surface area (TPSA) is 75.1 Å². The van der Waals surface area contributed by atoms with Crippen LogP contribution in [0.4, 0.5) is 0 Å². The van der Waals surface area contributed by atoms with Crippen LogP contribution in [0, 0.1) is 0 Å². The molecule has 1 aromatic rings. The van der Waals surface area contributed by atoms with Crippen LogP contribution in [0.2, 0.25) is 0 Å². The quantitative estimate of drug-likeness (QED) is 0.402. The van der Waals surface area contributed by atoms with E-state index in [0.717, 1.165) is 25.9 Å². The van der Waals surface area contributed by atoms with Gasteiger partial charge in [-0.25, -0.2) is 0 Å². The van der Waals surface area contributed by atoms with Gasteiger partial charge in [0.1, 0.15) is 11.5 Å². The molecule has 0 spiro atoms. The summed E-state index contributed by atoms with van der Waals surface area (Å²) >= 11 is 5.13. The molecule has 0 bridgehead atoms. The summed E-state index contributed by atoms with van der Waals surface area (Å²) in [5.74, 6) is 0.755. The predicted octanol–water partition coefficient (Wildman–Crippen LogP) is 2.16. The number of ether oxygens (including phenoxy) is 2. The Labute approximate surface area is 141 Å². The van der Waals surface area contributed by atoms with Gasteiger partial charge in [0.2, 0.25) is 0 Å². The first-order valence-electron chi connectivity index (χ1n) is 7.83. The van der Waals surface area contributed by atoms with Crippen LogP contribution in [-0.2, 0) is 4.74 Å². The zero-order valence-electron chi connectivity index (χ0n) is 13.2. The minimum absolute atomic E-state index is 0.113. The van der Waals surface area contributed by atoms with E-state index in [-0.39, 0.29) is 11.9 Å². The maximum absolute atomic E-state index is 9.94. The first kappa shape index (κ1) is 17.5. The van der Waals surface area contributed by atoms with Crippen LogP contribution in [0.3, 0.4) is 0 Å². The van der Waals surface area contributed by atoms with Crippen molar-refractivity contribution in [1.29, 1.82) is 0 Å². The highest BCUT2D eigenvalue weighted by molar-refractivity contribution is 7.80. The molecule has 1 saturated heterocycles. The number of hydrogen-bond acceptors (Lipinski definition) is 5. The molecule has 0 amide bonds. The Morgan fingerprint density at radius 3 is 3.13 bits per heavy atom. The lowest BCUT2D eigenvalue weighted by Crippen LogP contribution is -2.37. The minimum atomic E-state index is 0.113. The van der Waals surface area contributed by atoms with Gasteiger partial charge in [0.25, 0.3) is 0 Å². The van der Waals surface area contributed by atoms with Crippen molar-refractivity contribution in [3.8, 4) is 11.5 Å². The summed E-state index contributed by atoms with van der Waals surface area (Å²) in [4.78, 5) is 0. The van der Waals surface area contributed by atoms with E-state index in [1.165, 1.54) is 6.21 Å². The molecule has 0 aliphatic carbocycles. The van der Waals surface area contributed by atoms with E-state index < -0.39 is 0 Å². The lowest BCUT2D eigenvalue weighted by Gasteiger charge is -2.11. The second kappa shape index (κ2) is 9.32. The number of aromatic hydroxyl groups is 1. The average Bonchev–Trinajstić information content (AvgIpc) is 3.06. The third-order valence-electron chi connectivity index (χ3n) is 3.36. The van der Waals surface area contributed by atoms with Crippen molar-refractivity contribution in [3.63, 3.8) is 0 Å². The molecule has 1 aromatic carbocycles. The summed E-state index contributed by atoms with van der Waals surface area (Å²) in [6.45, 7) is 4.15. The summed E-state index contributed by atoms with van der Waals surface area (Å²) in [6.07, 6.45) is 4.81. The Morgan fingerprint density at radius 1 is 1.57 bits per heavy atom. The van der Waals surface area contributed by atoms with Crippen LogP contribution in [-0.4, -0.2) is 42.3 Å². The molecule has 1 fully saturated rings. The van der Waals surface area contributed by atoms with E-state index in [4.69, 9.17) is 21.7 Å². The third kappa shape index (κ3) is 6.03. The number of phenols is 1. The van der Waals surface area contributed by atoms with Crippen molar-refractivity contribution in [2.24, 2.45) is 5.10 Å². The smallest absolute Gasteiger partial charge is 0.187 e. The number of hydrazone groups is 1. The largest absolute Gasteiger partial charge is 0.507 e. The van der Waals surface area contributed by atoms with Crippen molar-refractivity contribution in [2.75, 3.05) is 19.8 Å². The monoisotopic (exact) mass is 337 g/mol. The van der Waals surface area contributed by atoms with Crippen molar-refractivity contribution in [3.05, 3.63) is 23.8 Å². The van der Waals surface area contributed by atoms with Crippen molar-refractivity contribution < 1.29 is 14.6 Å². The van der Waals surface area contributed by atoms with E-state index >= 15 is 0 Å². The van der Waals surface area contributed by atoms with Gasteiger partial charge in [-0.15, -0.1) is 0 Å². The molecule has 7 heteroatoms. The van der Waals surface area contributed by atoms with Crippen LogP contribution in [0.15, 0.2) is 23.3 Å². The number of thiocarbonyl (C=S) groups is 1. The van der Waals surface area contributed by atoms with Gasteiger partial charge in [0.15, 0.2) is 5.11 Å². The molecule has 23 heavy (non-hydrogen) atoms. The van der Waals surface area contributed by atoms with Crippen molar-refractivity contribution in [1.82, 2.24) is 10.7 Å². The van der Waals surface area contributed by atoms with Gasteiger partial charge in [-0.3, -0.25) is 5.43 Å².